The third-order valence-electron chi connectivity index (χ3n) is 3.92. The molecule has 2 aliphatic heterocycles. The molecule has 0 bridgehead atoms. The van der Waals surface area contributed by atoms with Crippen LogP contribution in [0.4, 0.5) is 0 Å². The number of nitrogens with two attached hydrogens (primary N) is 1. The molecule has 92 valence electrons. The number of amides is 1. The van der Waals surface area contributed by atoms with Crippen LogP contribution in [-0.4, -0.2) is 55.0 Å². The van der Waals surface area contributed by atoms with Crippen LogP contribution in [0.5, 0.6) is 0 Å². The molecular formula is C12H23N3O. The average Bonchev–Trinajstić information content (AvgIpc) is 2.30. The number of carbonyl (C=O) groups is 1. The summed E-state index contributed by atoms with van der Waals surface area (Å²) in [7, 11) is 2.13. The molecule has 4 heteroatoms. The van der Waals surface area contributed by atoms with Crippen molar-refractivity contribution >= 4 is 5.91 Å². The lowest BCUT2D eigenvalue weighted by Crippen LogP contribution is -2.47. The van der Waals surface area contributed by atoms with Gasteiger partial charge in [0.05, 0.1) is 0 Å². The van der Waals surface area contributed by atoms with Crippen LogP contribution in [-0.2, 0) is 4.79 Å². The second-order valence-corrected chi connectivity index (χ2v) is 5.24. The highest BCUT2D eigenvalue weighted by molar-refractivity contribution is 5.79. The Kier molecular flexibility index (Phi) is 3.82. The third-order valence-corrected chi connectivity index (χ3v) is 3.92. The minimum absolute atomic E-state index is 0.269. The van der Waals surface area contributed by atoms with Crippen LogP contribution in [0.3, 0.4) is 0 Å². The van der Waals surface area contributed by atoms with E-state index < -0.39 is 0 Å². The molecule has 0 radical (unpaired) electrons. The molecule has 1 amide bonds. The Labute approximate surface area is 97.8 Å². The van der Waals surface area contributed by atoms with E-state index in [1.165, 1.54) is 0 Å². The average molecular weight is 225 g/mol. The van der Waals surface area contributed by atoms with Crippen molar-refractivity contribution in [3.8, 4) is 0 Å². The van der Waals surface area contributed by atoms with Crippen molar-refractivity contribution < 1.29 is 4.79 Å². The summed E-state index contributed by atoms with van der Waals surface area (Å²) in [6.07, 6.45) is 3.99. The van der Waals surface area contributed by atoms with Gasteiger partial charge in [-0.2, -0.15) is 0 Å². The zero-order valence-electron chi connectivity index (χ0n) is 10.2. The standard InChI is InChI=1S/C12H23N3O/c1-14-6-2-10(3-7-14)12(16)15-8-4-11(13)5-9-15/h10-11H,2-9,13H2,1H3. The van der Waals surface area contributed by atoms with Gasteiger partial charge in [0.25, 0.3) is 0 Å². The number of likely N-dealkylation sites (tertiary alicyclic amines) is 2. The predicted molar refractivity (Wildman–Crippen MR) is 64.0 cm³/mol. The van der Waals surface area contributed by atoms with Crippen LogP contribution in [0, 0.1) is 5.92 Å². The molecule has 2 rings (SSSR count). The van der Waals surface area contributed by atoms with E-state index in [1.54, 1.807) is 0 Å². The smallest absolute Gasteiger partial charge is 0.225 e. The molecule has 2 fully saturated rings. The Morgan fingerprint density at radius 3 is 2.19 bits per heavy atom. The minimum Gasteiger partial charge on any atom is -0.342 e. The summed E-state index contributed by atoms with van der Waals surface area (Å²) in [4.78, 5) is 16.6. The molecule has 0 atom stereocenters. The molecule has 2 saturated heterocycles. The predicted octanol–water partition coefficient (Wildman–Crippen LogP) is 0.278. The van der Waals surface area contributed by atoms with Gasteiger partial charge in [-0.3, -0.25) is 4.79 Å². The van der Waals surface area contributed by atoms with E-state index in [9.17, 15) is 4.79 Å². The monoisotopic (exact) mass is 225 g/mol. The zero-order valence-corrected chi connectivity index (χ0v) is 10.2. The van der Waals surface area contributed by atoms with E-state index in [-0.39, 0.29) is 5.92 Å². The Morgan fingerprint density at radius 1 is 1.06 bits per heavy atom. The van der Waals surface area contributed by atoms with Gasteiger partial charge in [0, 0.05) is 25.0 Å². The summed E-state index contributed by atoms with van der Waals surface area (Å²) in [5, 5.41) is 0. The summed E-state index contributed by atoms with van der Waals surface area (Å²) in [6.45, 7) is 3.85. The normalized spacial score (nSPS) is 26.0. The molecule has 16 heavy (non-hydrogen) atoms. The first-order chi connectivity index (χ1) is 7.66. The van der Waals surface area contributed by atoms with Gasteiger partial charge in [-0.15, -0.1) is 0 Å². The summed E-state index contributed by atoms with van der Waals surface area (Å²) >= 11 is 0. The first-order valence-corrected chi connectivity index (χ1v) is 6.39. The zero-order chi connectivity index (χ0) is 11.5. The number of hydrogen-bond donors (Lipinski definition) is 1. The maximum Gasteiger partial charge on any atom is 0.225 e. The van der Waals surface area contributed by atoms with Crippen LogP contribution in [0.15, 0.2) is 0 Å². The fourth-order valence-electron chi connectivity index (χ4n) is 2.63. The fourth-order valence-corrected chi connectivity index (χ4v) is 2.63. The Hall–Kier alpha value is -0.610. The summed E-state index contributed by atoms with van der Waals surface area (Å²) < 4.78 is 0. The number of piperidine rings is 2. The van der Waals surface area contributed by atoms with Gasteiger partial charge in [0.15, 0.2) is 0 Å². The first-order valence-electron chi connectivity index (χ1n) is 6.39. The van der Waals surface area contributed by atoms with Gasteiger partial charge in [-0.1, -0.05) is 0 Å². The van der Waals surface area contributed by atoms with Crippen molar-refractivity contribution in [1.29, 1.82) is 0 Å². The van der Waals surface area contributed by atoms with Crippen molar-refractivity contribution in [3.63, 3.8) is 0 Å². The van der Waals surface area contributed by atoms with Crippen LogP contribution >= 0.6 is 0 Å². The molecular weight excluding hydrogens is 202 g/mol. The Balaban J connectivity index is 1.83. The highest BCUT2D eigenvalue weighted by Gasteiger charge is 2.29. The van der Waals surface area contributed by atoms with E-state index in [0.29, 0.717) is 11.9 Å². The molecule has 2 aliphatic rings. The number of carbonyl (C=O) groups excluding carboxylic acids is 1. The van der Waals surface area contributed by atoms with Crippen molar-refractivity contribution in [2.75, 3.05) is 33.2 Å². The Bertz CT molecular complexity index is 217. The highest BCUT2D eigenvalue weighted by atomic mass is 16.2. The highest BCUT2D eigenvalue weighted by Crippen LogP contribution is 2.20. The molecule has 2 heterocycles. The van der Waals surface area contributed by atoms with E-state index in [4.69, 9.17) is 5.73 Å². The first kappa shape index (κ1) is 11.9. The second-order valence-electron chi connectivity index (χ2n) is 5.24. The summed E-state index contributed by atoms with van der Waals surface area (Å²) in [5.41, 5.74) is 5.85. The van der Waals surface area contributed by atoms with Crippen molar-refractivity contribution in [1.82, 2.24) is 9.80 Å². The largest absolute Gasteiger partial charge is 0.342 e. The lowest BCUT2D eigenvalue weighted by Gasteiger charge is -2.35. The molecule has 0 spiro atoms. The van der Waals surface area contributed by atoms with E-state index >= 15 is 0 Å². The third kappa shape index (κ3) is 2.74. The van der Waals surface area contributed by atoms with Gasteiger partial charge in [0.2, 0.25) is 5.91 Å². The second kappa shape index (κ2) is 5.15. The molecule has 2 N–H and O–H groups in total. The summed E-state index contributed by atoms with van der Waals surface area (Å²) in [6, 6.07) is 0.307. The van der Waals surface area contributed by atoms with Gasteiger partial charge >= 0.3 is 0 Å². The lowest BCUT2D eigenvalue weighted by atomic mass is 9.94. The summed E-state index contributed by atoms with van der Waals surface area (Å²) in [5.74, 6) is 0.644. The van der Waals surface area contributed by atoms with Crippen LogP contribution in [0.2, 0.25) is 0 Å². The van der Waals surface area contributed by atoms with Gasteiger partial charge in [-0.25, -0.2) is 0 Å². The molecule has 0 unspecified atom stereocenters. The Morgan fingerprint density at radius 2 is 1.62 bits per heavy atom. The topological polar surface area (TPSA) is 49.6 Å². The lowest BCUT2D eigenvalue weighted by molar-refractivity contribution is -0.138. The quantitative estimate of drug-likeness (QED) is 0.697. The molecule has 0 aromatic carbocycles. The maximum atomic E-state index is 12.2. The minimum atomic E-state index is 0.269. The number of rotatable bonds is 1. The van der Waals surface area contributed by atoms with Crippen molar-refractivity contribution in [2.45, 2.75) is 31.7 Å². The van der Waals surface area contributed by atoms with Gasteiger partial charge < -0.3 is 15.5 Å². The SMILES string of the molecule is CN1CCC(C(=O)N2CCC(N)CC2)CC1. The molecule has 0 saturated carbocycles. The fraction of sp³-hybridized carbons (Fsp3) is 0.917. The molecule has 0 aromatic heterocycles. The van der Waals surface area contributed by atoms with Gasteiger partial charge in [-0.05, 0) is 45.8 Å². The van der Waals surface area contributed by atoms with Gasteiger partial charge in [0.1, 0.15) is 0 Å². The van der Waals surface area contributed by atoms with Crippen LogP contribution < -0.4 is 5.73 Å². The molecule has 0 aromatic rings. The van der Waals surface area contributed by atoms with E-state index in [1.807, 2.05) is 4.90 Å². The van der Waals surface area contributed by atoms with Crippen LogP contribution in [0.25, 0.3) is 0 Å². The molecule has 4 nitrogen and oxygen atoms in total. The number of nitrogens with zero attached hydrogens (tertiary/aromatic N) is 2. The van der Waals surface area contributed by atoms with E-state index in [2.05, 4.69) is 11.9 Å². The number of hydrogen-bond acceptors (Lipinski definition) is 3. The maximum absolute atomic E-state index is 12.2. The molecule has 0 aliphatic carbocycles. The van der Waals surface area contributed by atoms with Crippen molar-refractivity contribution in [3.05, 3.63) is 0 Å². The van der Waals surface area contributed by atoms with E-state index in [0.717, 1.165) is 51.9 Å². The van der Waals surface area contributed by atoms with Crippen molar-refractivity contribution in [2.24, 2.45) is 11.7 Å². The van der Waals surface area contributed by atoms with Crippen LogP contribution in [0.1, 0.15) is 25.7 Å².